The van der Waals surface area contributed by atoms with Crippen LogP contribution in [0.25, 0.3) is 0 Å². The molecule has 0 aromatic carbocycles. The average molecular weight is 268 g/mol. The number of hydrogen-bond acceptors (Lipinski definition) is 0. The van der Waals surface area contributed by atoms with Crippen LogP contribution in [0.2, 0.25) is 0 Å². The van der Waals surface area contributed by atoms with Gasteiger partial charge in [0.25, 0.3) is 0 Å². The lowest BCUT2D eigenvalue weighted by atomic mass is 9.83. The topological polar surface area (TPSA) is 0 Å². The van der Waals surface area contributed by atoms with Crippen molar-refractivity contribution in [2.45, 2.75) is 105 Å². The lowest BCUT2D eigenvalue weighted by Crippen LogP contribution is -2.11. The largest absolute Gasteiger partial charge is 0.0654 e. The summed E-state index contributed by atoms with van der Waals surface area (Å²) in [6.07, 6.45) is 19.6. The zero-order valence-corrected chi connectivity index (χ0v) is 14.2. The van der Waals surface area contributed by atoms with Crippen LogP contribution in [-0.2, 0) is 0 Å². The fourth-order valence-corrected chi connectivity index (χ4v) is 3.02. The molecule has 2 unspecified atom stereocenters. The third kappa shape index (κ3) is 11.5. The highest BCUT2D eigenvalue weighted by Gasteiger charge is 2.15. The minimum atomic E-state index is 0.897. The van der Waals surface area contributed by atoms with Crippen LogP contribution in [0.15, 0.2) is 0 Å². The molecular formula is C19H39. The van der Waals surface area contributed by atoms with Crippen molar-refractivity contribution in [3.8, 4) is 0 Å². The monoisotopic (exact) mass is 267 g/mol. The van der Waals surface area contributed by atoms with Crippen molar-refractivity contribution in [3.05, 3.63) is 6.42 Å². The Kier molecular flexibility index (Phi) is 14.4. The van der Waals surface area contributed by atoms with Crippen molar-refractivity contribution >= 4 is 0 Å². The molecule has 0 aromatic rings. The van der Waals surface area contributed by atoms with Crippen LogP contribution < -0.4 is 0 Å². The quantitative estimate of drug-likeness (QED) is 0.292. The van der Waals surface area contributed by atoms with Crippen LogP contribution in [0.1, 0.15) is 105 Å². The maximum Gasteiger partial charge on any atom is -0.0324 e. The van der Waals surface area contributed by atoms with Gasteiger partial charge in [-0.25, -0.2) is 0 Å². The summed E-state index contributed by atoms with van der Waals surface area (Å²) in [5, 5.41) is 0. The van der Waals surface area contributed by atoms with Gasteiger partial charge in [-0.3, -0.25) is 0 Å². The summed E-state index contributed by atoms with van der Waals surface area (Å²) in [7, 11) is 0. The van der Waals surface area contributed by atoms with Gasteiger partial charge in [0, 0.05) is 0 Å². The predicted octanol–water partition coefficient (Wildman–Crippen LogP) is 7.18. The SMILES string of the molecule is CCCCCC([CH]C(CCC)CCCC)CCCC. The van der Waals surface area contributed by atoms with Gasteiger partial charge in [-0.1, -0.05) is 105 Å². The highest BCUT2D eigenvalue weighted by atomic mass is 14.2. The highest BCUT2D eigenvalue weighted by Crippen LogP contribution is 2.28. The van der Waals surface area contributed by atoms with Crippen molar-refractivity contribution in [1.82, 2.24) is 0 Å². The second kappa shape index (κ2) is 14.4. The van der Waals surface area contributed by atoms with Gasteiger partial charge in [-0.2, -0.15) is 0 Å². The molecule has 0 N–H and O–H groups in total. The third-order valence-corrected chi connectivity index (χ3v) is 4.24. The molecule has 0 aliphatic carbocycles. The van der Waals surface area contributed by atoms with Gasteiger partial charge in [0.2, 0.25) is 0 Å². The van der Waals surface area contributed by atoms with E-state index < -0.39 is 0 Å². The molecule has 0 aliphatic rings. The molecule has 0 bridgehead atoms. The van der Waals surface area contributed by atoms with Crippen LogP contribution >= 0.6 is 0 Å². The Morgan fingerprint density at radius 2 is 1.00 bits per heavy atom. The molecule has 0 nitrogen and oxygen atoms in total. The van der Waals surface area contributed by atoms with Crippen molar-refractivity contribution in [2.24, 2.45) is 11.8 Å². The van der Waals surface area contributed by atoms with Gasteiger partial charge in [-0.15, -0.1) is 0 Å². The predicted molar refractivity (Wildman–Crippen MR) is 89.4 cm³/mol. The smallest absolute Gasteiger partial charge is 0.0324 e. The van der Waals surface area contributed by atoms with Gasteiger partial charge in [0.15, 0.2) is 0 Å². The van der Waals surface area contributed by atoms with Crippen molar-refractivity contribution in [2.75, 3.05) is 0 Å². The van der Waals surface area contributed by atoms with Crippen LogP contribution in [0.5, 0.6) is 0 Å². The molecule has 19 heavy (non-hydrogen) atoms. The molecule has 0 aliphatic heterocycles. The molecule has 1 radical (unpaired) electrons. The second-order valence-corrected chi connectivity index (χ2v) is 6.28. The first kappa shape index (κ1) is 19.0. The molecule has 0 amide bonds. The number of hydrogen-bond donors (Lipinski definition) is 0. The lowest BCUT2D eigenvalue weighted by molar-refractivity contribution is 0.379. The normalized spacial score (nSPS) is 14.5. The summed E-state index contributed by atoms with van der Waals surface area (Å²) >= 11 is 0. The molecule has 0 spiro atoms. The first-order chi connectivity index (χ1) is 9.28. The number of unbranched alkanes of at least 4 members (excludes halogenated alkanes) is 4. The minimum Gasteiger partial charge on any atom is -0.0654 e. The Morgan fingerprint density at radius 3 is 1.47 bits per heavy atom. The van der Waals surface area contributed by atoms with Gasteiger partial charge >= 0.3 is 0 Å². The fraction of sp³-hybridized carbons (Fsp3) is 0.947. The van der Waals surface area contributed by atoms with Gasteiger partial charge in [-0.05, 0) is 18.3 Å². The molecule has 0 heteroatoms. The molecule has 2 atom stereocenters. The Hall–Kier alpha value is 0. The number of rotatable bonds is 14. The summed E-state index contributed by atoms with van der Waals surface area (Å²) in [6.45, 7) is 9.29. The van der Waals surface area contributed by atoms with E-state index in [2.05, 4.69) is 34.1 Å². The van der Waals surface area contributed by atoms with Gasteiger partial charge < -0.3 is 0 Å². The van der Waals surface area contributed by atoms with E-state index in [1.165, 1.54) is 77.0 Å². The van der Waals surface area contributed by atoms with E-state index in [9.17, 15) is 0 Å². The fourth-order valence-electron chi connectivity index (χ4n) is 3.02. The third-order valence-electron chi connectivity index (χ3n) is 4.24. The van der Waals surface area contributed by atoms with Crippen LogP contribution in [-0.4, -0.2) is 0 Å². The molecular weight excluding hydrogens is 228 g/mol. The maximum atomic E-state index is 2.75. The molecule has 0 aromatic heterocycles. The van der Waals surface area contributed by atoms with E-state index in [0.29, 0.717) is 0 Å². The zero-order valence-electron chi connectivity index (χ0n) is 14.2. The van der Waals surface area contributed by atoms with E-state index in [-0.39, 0.29) is 0 Å². The molecule has 115 valence electrons. The molecule has 0 saturated carbocycles. The first-order valence-electron chi connectivity index (χ1n) is 9.13. The molecule has 0 heterocycles. The van der Waals surface area contributed by atoms with E-state index in [1.54, 1.807) is 0 Å². The lowest BCUT2D eigenvalue weighted by Gasteiger charge is -2.23. The molecule has 0 fully saturated rings. The maximum absolute atomic E-state index is 2.75. The Labute approximate surface area is 123 Å². The summed E-state index contributed by atoms with van der Waals surface area (Å²) < 4.78 is 0. The van der Waals surface area contributed by atoms with E-state index >= 15 is 0 Å². The Morgan fingerprint density at radius 1 is 0.526 bits per heavy atom. The molecule has 0 rings (SSSR count). The summed E-state index contributed by atoms with van der Waals surface area (Å²) in [6, 6.07) is 0. The van der Waals surface area contributed by atoms with Crippen LogP contribution in [0, 0.1) is 18.3 Å². The second-order valence-electron chi connectivity index (χ2n) is 6.28. The van der Waals surface area contributed by atoms with Crippen molar-refractivity contribution < 1.29 is 0 Å². The van der Waals surface area contributed by atoms with E-state index in [0.717, 1.165) is 11.8 Å². The Bertz CT molecular complexity index is 161. The summed E-state index contributed by atoms with van der Waals surface area (Å²) in [5.41, 5.74) is 0. The molecule has 0 saturated heterocycles. The zero-order chi connectivity index (χ0) is 14.3. The average Bonchev–Trinajstić information content (AvgIpc) is 2.42. The standard InChI is InChI=1S/C19H39/c1-5-9-12-16-19(15-11-7-3)17-18(13-8-4)14-10-6-2/h17-19H,5-16H2,1-4H3. The van der Waals surface area contributed by atoms with Gasteiger partial charge in [0.05, 0.1) is 0 Å². The van der Waals surface area contributed by atoms with Crippen molar-refractivity contribution in [3.63, 3.8) is 0 Å². The minimum absolute atomic E-state index is 0.897. The highest BCUT2D eigenvalue weighted by molar-refractivity contribution is 4.83. The van der Waals surface area contributed by atoms with E-state index in [1.807, 2.05) is 0 Å². The Balaban J connectivity index is 4.11. The van der Waals surface area contributed by atoms with Crippen LogP contribution in [0.3, 0.4) is 0 Å². The van der Waals surface area contributed by atoms with Gasteiger partial charge in [0.1, 0.15) is 0 Å². The van der Waals surface area contributed by atoms with E-state index in [4.69, 9.17) is 0 Å². The first-order valence-corrected chi connectivity index (χ1v) is 9.13. The summed E-state index contributed by atoms with van der Waals surface area (Å²) in [4.78, 5) is 0. The van der Waals surface area contributed by atoms with Crippen LogP contribution in [0.4, 0.5) is 0 Å². The summed E-state index contributed by atoms with van der Waals surface area (Å²) in [5.74, 6) is 1.80. The van der Waals surface area contributed by atoms with Crippen molar-refractivity contribution in [1.29, 1.82) is 0 Å².